The highest BCUT2D eigenvalue weighted by molar-refractivity contribution is 7.99. The van der Waals surface area contributed by atoms with Crippen LogP contribution in [0.1, 0.15) is 12.8 Å². The Balaban J connectivity index is 2.11. The predicted molar refractivity (Wildman–Crippen MR) is 74.8 cm³/mol. The lowest BCUT2D eigenvalue weighted by Crippen LogP contribution is -2.11. The molecular weight excluding hydrogens is 298 g/mol. The number of carbonyl (C=O) groups is 1. The number of nitro benzene ring substituents is 1. The van der Waals surface area contributed by atoms with Crippen molar-refractivity contribution in [3.63, 3.8) is 0 Å². The zero-order valence-electron chi connectivity index (χ0n) is 10.9. The molecule has 0 unspecified atom stereocenters. The van der Waals surface area contributed by atoms with Gasteiger partial charge in [-0.25, -0.2) is 0 Å². The number of aromatic nitrogens is 2. The standard InChI is InChI=1S/C12H11N3O5S/c1-7(12(16)17)21-6-10-13-14-11(20-10)8-3-2-4-9(5-8)15(18)19/h2-5,7H,6H2,1H3,(H,16,17)/t7-/m0/s1. The van der Waals surface area contributed by atoms with Crippen LogP contribution in [-0.2, 0) is 10.5 Å². The van der Waals surface area contributed by atoms with Crippen molar-refractivity contribution in [1.29, 1.82) is 0 Å². The molecule has 8 nitrogen and oxygen atoms in total. The lowest BCUT2D eigenvalue weighted by molar-refractivity contribution is -0.384. The van der Waals surface area contributed by atoms with E-state index in [2.05, 4.69) is 10.2 Å². The normalized spacial score (nSPS) is 12.0. The van der Waals surface area contributed by atoms with Gasteiger partial charge in [0.15, 0.2) is 0 Å². The quantitative estimate of drug-likeness (QED) is 0.637. The number of thioether (sulfide) groups is 1. The van der Waals surface area contributed by atoms with Crippen molar-refractivity contribution >= 4 is 23.4 Å². The summed E-state index contributed by atoms with van der Waals surface area (Å²) in [6.07, 6.45) is 0. The van der Waals surface area contributed by atoms with Gasteiger partial charge in [0.1, 0.15) is 0 Å². The van der Waals surface area contributed by atoms with Crippen molar-refractivity contribution in [1.82, 2.24) is 10.2 Å². The van der Waals surface area contributed by atoms with E-state index in [9.17, 15) is 14.9 Å². The van der Waals surface area contributed by atoms with Crippen LogP contribution in [-0.4, -0.2) is 31.4 Å². The number of benzene rings is 1. The summed E-state index contributed by atoms with van der Waals surface area (Å²) in [7, 11) is 0. The maximum Gasteiger partial charge on any atom is 0.316 e. The molecule has 0 radical (unpaired) electrons. The van der Waals surface area contributed by atoms with Crippen molar-refractivity contribution in [2.75, 3.05) is 0 Å². The fourth-order valence-corrected chi connectivity index (χ4v) is 2.10. The van der Waals surface area contributed by atoms with Gasteiger partial charge in [0.05, 0.1) is 15.9 Å². The molecule has 0 saturated heterocycles. The fourth-order valence-electron chi connectivity index (χ4n) is 1.45. The molecule has 9 heteroatoms. The average Bonchev–Trinajstić information content (AvgIpc) is 2.93. The first-order chi connectivity index (χ1) is 9.97. The van der Waals surface area contributed by atoms with Crippen LogP contribution in [0.5, 0.6) is 0 Å². The molecule has 0 saturated carbocycles. The third-order valence-electron chi connectivity index (χ3n) is 2.58. The largest absolute Gasteiger partial charge is 0.480 e. The monoisotopic (exact) mass is 309 g/mol. The zero-order chi connectivity index (χ0) is 15.4. The van der Waals surface area contributed by atoms with Crippen LogP contribution in [0.15, 0.2) is 28.7 Å². The molecule has 1 N–H and O–H groups in total. The molecule has 1 atom stereocenters. The summed E-state index contributed by atoms with van der Waals surface area (Å²) in [5.41, 5.74) is 0.375. The summed E-state index contributed by atoms with van der Waals surface area (Å²) >= 11 is 1.15. The van der Waals surface area contributed by atoms with E-state index in [0.717, 1.165) is 11.8 Å². The Kier molecular flexibility index (Phi) is 4.53. The second-order valence-electron chi connectivity index (χ2n) is 4.10. The number of carboxylic acids is 1. The first-order valence-corrected chi connectivity index (χ1v) is 6.94. The van der Waals surface area contributed by atoms with Crippen LogP contribution >= 0.6 is 11.8 Å². The molecule has 0 spiro atoms. The highest BCUT2D eigenvalue weighted by Gasteiger charge is 2.15. The van der Waals surface area contributed by atoms with Crippen molar-refractivity contribution in [3.05, 3.63) is 40.3 Å². The maximum absolute atomic E-state index is 10.7. The Morgan fingerprint density at radius 1 is 1.52 bits per heavy atom. The first kappa shape index (κ1) is 15.0. The Morgan fingerprint density at radius 2 is 2.29 bits per heavy atom. The molecule has 1 heterocycles. The minimum atomic E-state index is -0.918. The molecule has 0 amide bonds. The van der Waals surface area contributed by atoms with E-state index in [1.807, 2.05) is 0 Å². The number of hydrogen-bond acceptors (Lipinski definition) is 7. The van der Waals surface area contributed by atoms with E-state index in [0.29, 0.717) is 5.56 Å². The second kappa shape index (κ2) is 6.35. The molecule has 2 aromatic rings. The van der Waals surface area contributed by atoms with E-state index in [4.69, 9.17) is 9.52 Å². The lowest BCUT2D eigenvalue weighted by Gasteiger charge is -2.02. The van der Waals surface area contributed by atoms with Gasteiger partial charge in [-0.15, -0.1) is 22.0 Å². The number of non-ortho nitro benzene ring substituents is 1. The third kappa shape index (κ3) is 3.78. The molecule has 0 fully saturated rings. The topological polar surface area (TPSA) is 119 Å². The Morgan fingerprint density at radius 3 is 2.95 bits per heavy atom. The van der Waals surface area contributed by atoms with Gasteiger partial charge in [-0.05, 0) is 13.0 Å². The molecular formula is C12H11N3O5S. The second-order valence-corrected chi connectivity index (χ2v) is 5.43. The highest BCUT2D eigenvalue weighted by Crippen LogP contribution is 2.24. The average molecular weight is 309 g/mol. The lowest BCUT2D eigenvalue weighted by atomic mass is 10.2. The SMILES string of the molecule is C[C@H](SCc1nnc(-c2cccc([N+](=O)[O-])c2)o1)C(=O)O. The van der Waals surface area contributed by atoms with Crippen molar-refractivity contribution in [2.45, 2.75) is 17.9 Å². The van der Waals surface area contributed by atoms with Gasteiger partial charge in [0.25, 0.3) is 5.69 Å². The smallest absolute Gasteiger partial charge is 0.316 e. The van der Waals surface area contributed by atoms with Crippen LogP contribution in [0.25, 0.3) is 11.5 Å². The van der Waals surface area contributed by atoms with E-state index in [-0.39, 0.29) is 23.2 Å². The zero-order valence-corrected chi connectivity index (χ0v) is 11.7. The predicted octanol–water partition coefficient (Wildman–Crippen LogP) is 2.35. The number of rotatable bonds is 6. The Hall–Kier alpha value is -2.42. The molecule has 0 aliphatic heterocycles. The third-order valence-corrected chi connectivity index (χ3v) is 3.69. The number of carboxylic acid groups (broad SMARTS) is 1. The minimum absolute atomic E-state index is 0.0684. The molecule has 0 bridgehead atoms. The van der Waals surface area contributed by atoms with Crippen LogP contribution in [0.4, 0.5) is 5.69 Å². The number of nitro groups is 1. The van der Waals surface area contributed by atoms with E-state index >= 15 is 0 Å². The fraction of sp³-hybridized carbons (Fsp3) is 0.250. The summed E-state index contributed by atoms with van der Waals surface area (Å²) in [5, 5.41) is 26.5. The highest BCUT2D eigenvalue weighted by atomic mass is 32.2. The van der Waals surface area contributed by atoms with E-state index < -0.39 is 16.1 Å². The molecule has 110 valence electrons. The van der Waals surface area contributed by atoms with Gasteiger partial charge in [0.2, 0.25) is 11.8 Å². The van der Waals surface area contributed by atoms with Crippen LogP contribution in [0, 0.1) is 10.1 Å². The molecule has 2 rings (SSSR count). The minimum Gasteiger partial charge on any atom is -0.480 e. The van der Waals surface area contributed by atoms with Crippen LogP contribution in [0.2, 0.25) is 0 Å². The van der Waals surface area contributed by atoms with Crippen molar-refractivity contribution in [3.8, 4) is 11.5 Å². The first-order valence-electron chi connectivity index (χ1n) is 5.89. The number of aliphatic carboxylic acids is 1. The van der Waals surface area contributed by atoms with Gasteiger partial charge >= 0.3 is 5.97 Å². The summed E-state index contributed by atoms with van der Waals surface area (Å²) in [5.74, 6) is -0.222. The molecule has 1 aromatic carbocycles. The molecule has 0 aliphatic rings. The van der Waals surface area contributed by atoms with Crippen LogP contribution in [0.3, 0.4) is 0 Å². The molecule has 0 aliphatic carbocycles. The summed E-state index contributed by atoms with van der Waals surface area (Å²) in [6, 6.07) is 5.85. The summed E-state index contributed by atoms with van der Waals surface area (Å²) in [4.78, 5) is 20.9. The van der Waals surface area contributed by atoms with E-state index in [1.54, 1.807) is 13.0 Å². The van der Waals surface area contributed by atoms with Crippen LogP contribution < -0.4 is 0 Å². The number of nitrogens with zero attached hydrogens (tertiary/aromatic N) is 3. The van der Waals surface area contributed by atoms with Crippen molar-refractivity contribution < 1.29 is 19.2 Å². The molecule has 1 aromatic heterocycles. The van der Waals surface area contributed by atoms with Gasteiger partial charge in [-0.1, -0.05) is 6.07 Å². The van der Waals surface area contributed by atoms with Gasteiger partial charge in [0, 0.05) is 17.7 Å². The van der Waals surface area contributed by atoms with Gasteiger partial charge in [-0.2, -0.15) is 0 Å². The summed E-state index contributed by atoms with van der Waals surface area (Å²) < 4.78 is 5.38. The molecule has 21 heavy (non-hydrogen) atoms. The van der Waals surface area contributed by atoms with E-state index in [1.165, 1.54) is 18.2 Å². The Labute approximate surface area is 123 Å². The van der Waals surface area contributed by atoms with Gasteiger partial charge < -0.3 is 9.52 Å². The van der Waals surface area contributed by atoms with Gasteiger partial charge in [-0.3, -0.25) is 14.9 Å². The Bertz CT molecular complexity index is 672. The maximum atomic E-state index is 10.7. The summed E-state index contributed by atoms with van der Waals surface area (Å²) in [6.45, 7) is 1.56. The number of hydrogen-bond donors (Lipinski definition) is 1. The van der Waals surface area contributed by atoms with Crippen molar-refractivity contribution in [2.24, 2.45) is 0 Å².